The summed E-state index contributed by atoms with van der Waals surface area (Å²) in [5, 5.41) is 3.38. The molecule has 0 amide bonds. The molecule has 0 saturated heterocycles. The Kier molecular flexibility index (Phi) is 3.89. The normalized spacial score (nSPS) is 10.9. The fraction of sp³-hybridized carbons (Fsp3) is 0.545. The molecule has 0 aromatic carbocycles. The second-order valence-electron chi connectivity index (χ2n) is 4.01. The SMILES string of the molecule is Cc1nc(N)ccc1CNCC(C)C. The van der Waals surface area contributed by atoms with Crippen LogP contribution >= 0.6 is 0 Å². The van der Waals surface area contributed by atoms with E-state index >= 15 is 0 Å². The number of hydrogen-bond donors (Lipinski definition) is 2. The van der Waals surface area contributed by atoms with Gasteiger partial charge in [-0.3, -0.25) is 0 Å². The molecule has 0 radical (unpaired) electrons. The first-order valence-electron chi connectivity index (χ1n) is 5.02. The Balaban J connectivity index is 2.51. The number of hydrogen-bond acceptors (Lipinski definition) is 3. The average Bonchev–Trinajstić information content (AvgIpc) is 2.08. The third kappa shape index (κ3) is 3.34. The van der Waals surface area contributed by atoms with Crippen molar-refractivity contribution in [3.05, 3.63) is 23.4 Å². The first-order chi connectivity index (χ1) is 6.59. The maximum Gasteiger partial charge on any atom is 0.123 e. The molecule has 3 N–H and O–H groups in total. The molecule has 1 heterocycles. The van der Waals surface area contributed by atoms with Crippen LogP contribution in [0, 0.1) is 12.8 Å². The highest BCUT2D eigenvalue weighted by Crippen LogP contribution is 2.07. The average molecular weight is 193 g/mol. The Hall–Kier alpha value is -1.09. The van der Waals surface area contributed by atoms with Gasteiger partial charge in [-0.05, 0) is 31.0 Å². The molecule has 78 valence electrons. The van der Waals surface area contributed by atoms with Crippen LogP contribution in [0.25, 0.3) is 0 Å². The number of nitrogens with zero attached hydrogens (tertiary/aromatic N) is 1. The predicted molar refractivity (Wildman–Crippen MR) is 59.9 cm³/mol. The second-order valence-corrected chi connectivity index (χ2v) is 4.01. The van der Waals surface area contributed by atoms with E-state index in [9.17, 15) is 0 Å². The number of nitrogen functional groups attached to an aromatic ring is 1. The number of nitrogens with one attached hydrogen (secondary N) is 1. The molecule has 1 aromatic rings. The minimum Gasteiger partial charge on any atom is -0.384 e. The highest BCUT2D eigenvalue weighted by Gasteiger charge is 2.00. The Morgan fingerprint density at radius 2 is 2.14 bits per heavy atom. The number of anilines is 1. The maximum atomic E-state index is 5.57. The van der Waals surface area contributed by atoms with Gasteiger partial charge in [-0.1, -0.05) is 19.9 Å². The highest BCUT2D eigenvalue weighted by atomic mass is 14.9. The van der Waals surface area contributed by atoms with Crippen LogP contribution in [0.4, 0.5) is 5.82 Å². The molecule has 3 nitrogen and oxygen atoms in total. The Labute approximate surface area is 85.7 Å². The van der Waals surface area contributed by atoms with E-state index in [1.165, 1.54) is 5.56 Å². The fourth-order valence-electron chi connectivity index (χ4n) is 1.29. The zero-order valence-electron chi connectivity index (χ0n) is 9.17. The zero-order valence-corrected chi connectivity index (χ0v) is 9.17. The topological polar surface area (TPSA) is 50.9 Å². The molecule has 0 bridgehead atoms. The summed E-state index contributed by atoms with van der Waals surface area (Å²) < 4.78 is 0. The summed E-state index contributed by atoms with van der Waals surface area (Å²) in [5.41, 5.74) is 7.81. The molecule has 0 aliphatic heterocycles. The van der Waals surface area contributed by atoms with Crippen molar-refractivity contribution >= 4 is 5.82 Å². The molecular weight excluding hydrogens is 174 g/mol. The minimum absolute atomic E-state index is 0.593. The van der Waals surface area contributed by atoms with Gasteiger partial charge in [-0.15, -0.1) is 0 Å². The van der Waals surface area contributed by atoms with Crippen molar-refractivity contribution < 1.29 is 0 Å². The van der Waals surface area contributed by atoms with Gasteiger partial charge in [0.15, 0.2) is 0 Å². The lowest BCUT2D eigenvalue weighted by molar-refractivity contribution is 0.551. The largest absolute Gasteiger partial charge is 0.384 e. The lowest BCUT2D eigenvalue weighted by atomic mass is 10.2. The first-order valence-corrected chi connectivity index (χ1v) is 5.02. The van der Waals surface area contributed by atoms with Gasteiger partial charge in [0, 0.05) is 12.2 Å². The predicted octanol–water partition coefficient (Wildman–Crippen LogP) is 1.72. The van der Waals surface area contributed by atoms with Gasteiger partial charge in [0.25, 0.3) is 0 Å². The van der Waals surface area contributed by atoms with Crippen molar-refractivity contribution in [1.29, 1.82) is 0 Å². The van der Waals surface area contributed by atoms with Gasteiger partial charge < -0.3 is 11.1 Å². The van der Waals surface area contributed by atoms with Gasteiger partial charge in [0.1, 0.15) is 5.82 Å². The lowest BCUT2D eigenvalue weighted by Gasteiger charge is -2.09. The highest BCUT2D eigenvalue weighted by molar-refractivity contribution is 5.33. The fourth-order valence-corrected chi connectivity index (χ4v) is 1.29. The molecule has 0 unspecified atom stereocenters. The van der Waals surface area contributed by atoms with Gasteiger partial charge in [-0.25, -0.2) is 4.98 Å². The monoisotopic (exact) mass is 193 g/mol. The van der Waals surface area contributed by atoms with Crippen molar-refractivity contribution in [3.63, 3.8) is 0 Å². The van der Waals surface area contributed by atoms with E-state index in [4.69, 9.17) is 5.73 Å². The standard InChI is InChI=1S/C11H19N3/c1-8(2)6-13-7-10-4-5-11(12)14-9(10)3/h4-5,8,13H,6-7H2,1-3H3,(H2,12,14). The molecule has 0 atom stereocenters. The van der Waals surface area contributed by atoms with E-state index < -0.39 is 0 Å². The molecule has 0 fully saturated rings. The van der Waals surface area contributed by atoms with Crippen LogP contribution in [0.15, 0.2) is 12.1 Å². The van der Waals surface area contributed by atoms with Crippen molar-refractivity contribution in [2.24, 2.45) is 5.92 Å². The van der Waals surface area contributed by atoms with Crippen LogP contribution in [0.2, 0.25) is 0 Å². The van der Waals surface area contributed by atoms with E-state index in [1.54, 1.807) is 0 Å². The van der Waals surface area contributed by atoms with Crippen LogP contribution in [0.5, 0.6) is 0 Å². The van der Waals surface area contributed by atoms with E-state index in [0.717, 1.165) is 18.8 Å². The molecule has 0 aliphatic rings. The maximum absolute atomic E-state index is 5.57. The van der Waals surface area contributed by atoms with Crippen molar-refractivity contribution in [2.75, 3.05) is 12.3 Å². The number of aryl methyl sites for hydroxylation is 1. The molecular formula is C11H19N3. The second kappa shape index (κ2) is 4.96. The van der Waals surface area contributed by atoms with Gasteiger partial charge in [0.05, 0.1) is 0 Å². The van der Waals surface area contributed by atoms with Crippen LogP contribution in [0.1, 0.15) is 25.1 Å². The van der Waals surface area contributed by atoms with E-state index in [0.29, 0.717) is 11.7 Å². The molecule has 14 heavy (non-hydrogen) atoms. The van der Waals surface area contributed by atoms with Crippen LogP contribution in [-0.2, 0) is 6.54 Å². The van der Waals surface area contributed by atoms with E-state index in [-0.39, 0.29) is 0 Å². The summed E-state index contributed by atoms with van der Waals surface area (Å²) in [4.78, 5) is 4.21. The van der Waals surface area contributed by atoms with E-state index in [1.807, 2.05) is 19.1 Å². The summed E-state index contributed by atoms with van der Waals surface area (Å²) in [6, 6.07) is 3.88. The van der Waals surface area contributed by atoms with Crippen molar-refractivity contribution in [3.8, 4) is 0 Å². The van der Waals surface area contributed by atoms with Gasteiger partial charge in [0.2, 0.25) is 0 Å². The number of aromatic nitrogens is 1. The van der Waals surface area contributed by atoms with Crippen LogP contribution < -0.4 is 11.1 Å². The van der Waals surface area contributed by atoms with Crippen LogP contribution in [-0.4, -0.2) is 11.5 Å². The first kappa shape index (κ1) is 11.0. The Morgan fingerprint density at radius 1 is 1.43 bits per heavy atom. The number of pyridine rings is 1. The summed E-state index contributed by atoms with van der Waals surface area (Å²) in [6.07, 6.45) is 0. The third-order valence-electron chi connectivity index (χ3n) is 2.08. The molecule has 0 spiro atoms. The molecule has 1 aromatic heterocycles. The van der Waals surface area contributed by atoms with Crippen LogP contribution in [0.3, 0.4) is 0 Å². The quantitative estimate of drug-likeness (QED) is 0.765. The van der Waals surface area contributed by atoms with Gasteiger partial charge >= 0.3 is 0 Å². The van der Waals surface area contributed by atoms with Crippen molar-refractivity contribution in [2.45, 2.75) is 27.3 Å². The van der Waals surface area contributed by atoms with E-state index in [2.05, 4.69) is 24.1 Å². The zero-order chi connectivity index (χ0) is 10.6. The molecule has 0 saturated carbocycles. The third-order valence-corrected chi connectivity index (χ3v) is 2.08. The summed E-state index contributed by atoms with van der Waals surface area (Å²) >= 11 is 0. The molecule has 1 rings (SSSR count). The summed E-state index contributed by atoms with van der Waals surface area (Å²) in [5.74, 6) is 1.27. The van der Waals surface area contributed by atoms with Gasteiger partial charge in [-0.2, -0.15) is 0 Å². The Morgan fingerprint density at radius 3 is 2.71 bits per heavy atom. The molecule has 0 aliphatic carbocycles. The minimum atomic E-state index is 0.593. The number of nitrogens with two attached hydrogens (primary N) is 1. The molecule has 3 heteroatoms. The van der Waals surface area contributed by atoms with Crippen molar-refractivity contribution in [1.82, 2.24) is 10.3 Å². The summed E-state index contributed by atoms with van der Waals surface area (Å²) in [7, 11) is 0. The lowest BCUT2D eigenvalue weighted by Crippen LogP contribution is -2.19. The summed E-state index contributed by atoms with van der Waals surface area (Å²) in [6.45, 7) is 8.28. The number of rotatable bonds is 4. The Bertz CT molecular complexity index is 295. The smallest absolute Gasteiger partial charge is 0.123 e.